The SMILES string of the molecule is CCOc1cc(CNC2CCCC2)cc(Br)c1OCc1ccc(C)cc1.Cl. The van der Waals surface area contributed by atoms with E-state index in [-0.39, 0.29) is 12.4 Å². The second-order valence-electron chi connectivity index (χ2n) is 6.97. The van der Waals surface area contributed by atoms with Crippen LogP contribution in [0.2, 0.25) is 0 Å². The van der Waals surface area contributed by atoms with Crippen LogP contribution in [0.5, 0.6) is 11.5 Å². The van der Waals surface area contributed by atoms with E-state index in [1.54, 1.807) is 0 Å². The lowest BCUT2D eigenvalue weighted by Gasteiger charge is -2.17. The Hall–Kier alpha value is -1.23. The van der Waals surface area contributed by atoms with Crippen LogP contribution in [0.15, 0.2) is 40.9 Å². The maximum atomic E-state index is 6.09. The summed E-state index contributed by atoms with van der Waals surface area (Å²) >= 11 is 3.67. The summed E-state index contributed by atoms with van der Waals surface area (Å²) in [6, 6.07) is 13.3. The van der Waals surface area contributed by atoms with Gasteiger partial charge in [0.05, 0.1) is 11.1 Å². The fraction of sp³-hybridized carbons (Fsp3) is 0.455. The molecule has 3 rings (SSSR count). The van der Waals surface area contributed by atoms with Crippen LogP contribution in [0.3, 0.4) is 0 Å². The van der Waals surface area contributed by atoms with E-state index < -0.39 is 0 Å². The maximum absolute atomic E-state index is 6.09. The molecule has 0 bridgehead atoms. The molecule has 0 spiro atoms. The van der Waals surface area contributed by atoms with Gasteiger partial charge in [-0.3, -0.25) is 0 Å². The molecule has 5 heteroatoms. The first-order chi connectivity index (χ1) is 12.7. The number of hydrogen-bond acceptors (Lipinski definition) is 3. The first-order valence-corrected chi connectivity index (χ1v) is 10.3. The average Bonchev–Trinajstić information content (AvgIpc) is 3.14. The summed E-state index contributed by atoms with van der Waals surface area (Å²) < 4.78 is 12.9. The minimum absolute atomic E-state index is 0. The summed E-state index contributed by atoms with van der Waals surface area (Å²) in [7, 11) is 0. The highest BCUT2D eigenvalue weighted by atomic mass is 79.9. The van der Waals surface area contributed by atoms with Gasteiger partial charge < -0.3 is 14.8 Å². The third-order valence-electron chi connectivity index (χ3n) is 4.82. The molecule has 27 heavy (non-hydrogen) atoms. The van der Waals surface area contributed by atoms with Crippen molar-refractivity contribution in [3.8, 4) is 11.5 Å². The van der Waals surface area contributed by atoms with Crippen LogP contribution in [0.1, 0.15) is 49.3 Å². The number of benzene rings is 2. The number of nitrogens with one attached hydrogen (secondary N) is 1. The van der Waals surface area contributed by atoms with Gasteiger partial charge in [0.2, 0.25) is 0 Å². The Balaban J connectivity index is 0.00000261. The van der Waals surface area contributed by atoms with E-state index in [2.05, 4.69) is 64.6 Å². The lowest BCUT2D eigenvalue weighted by Crippen LogP contribution is -2.25. The van der Waals surface area contributed by atoms with Crippen LogP contribution in [0.4, 0.5) is 0 Å². The van der Waals surface area contributed by atoms with Crippen molar-refractivity contribution in [3.63, 3.8) is 0 Å². The van der Waals surface area contributed by atoms with Gasteiger partial charge in [0, 0.05) is 12.6 Å². The maximum Gasteiger partial charge on any atom is 0.175 e. The monoisotopic (exact) mass is 453 g/mol. The van der Waals surface area contributed by atoms with Crippen molar-refractivity contribution in [1.82, 2.24) is 5.32 Å². The lowest BCUT2D eigenvalue weighted by molar-refractivity contribution is 0.267. The normalized spacial score (nSPS) is 14.0. The number of halogens is 2. The van der Waals surface area contributed by atoms with Crippen LogP contribution in [0.25, 0.3) is 0 Å². The Kier molecular flexibility index (Phi) is 8.94. The van der Waals surface area contributed by atoms with Crippen LogP contribution in [-0.4, -0.2) is 12.6 Å². The van der Waals surface area contributed by atoms with Crippen LogP contribution >= 0.6 is 28.3 Å². The molecule has 148 valence electrons. The van der Waals surface area contributed by atoms with Crippen LogP contribution in [0, 0.1) is 6.92 Å². The first kappa shape index (κ1) is 22.1. The fourth-order valence-electron chi connectivity index (χ4n) is 3.36. The van der Waals surface area contributed by atoms with E-state index in [9.17, 15) is 0 Å². The summed E-state index contributed by atoms with van der Waals surface area (Å²) in [5.74, 6) is 1.58. The van der Waals surface area contributed by atoms with Gasteiger partial charge in [0.1, 0.15) is 6.61 Å². The molecule has 0 atom stereocenters. The van der Waals surface area contributed by atoms with E-state index >= 15 is 0 Å². The number of hydrogen-bond donors (Lipinski definition) is 1. The molecule has 1 saturated carbocycles. The fourth-order valence-corrected chi connectivity index (χ4v) is 3.96. The summed E-state index contributed by atoms with van der Waals surface area (Å²) in [6.07, 6.45) is 5.27. The summed E-state index contributed by atoms with van der Waals surface area (Å²) in [4.78, 5) is 0. The summed E-state index contributed by atoms with van der Waals surface area (Å²) in [5.41, 5.74) is 3.62. The van der Waals surface area contributed by atoms with Gasteiger partial charge in [-0.25, -0.2) is 0 Å². The zero-order chi connectivity index (χ0) is 18.4. The van der Waals surface area contributed by atoms with Crippen molar-refractivity contribution < 1.29 is 9.47 Å². The molecule has 0 radical (unpaired) electrons. The Bertz CT molecular complexity index is 715. The van der Waals surface area contributed by atoms with Crippen molar-refractivity contribution in [2.24, 2.45) is 0 Å². The Labute approximate surface area is 177 Å². The van der Waals surface area contributed by atoms with E-state index in [4.69, 9.17) is 9.47 Å². The van der Waals surface area contributed by atoms with Gasteiger partial charge in [-0.1, -0.05) is 42.7 Å². The molecule has 0 unspecified atom stereocenters. The summed E-state index contributed by atoms with van der Waals surface area (Å²) in [5, 5.41) is 3.66. The molecule has 1 fully saturated rings. The van der Waals surface area contributed by atoms with Crippen LogP contribution in [-0.2, 0) is 13.2 Å². The molecular weight excluding hydrogens is 426 g/mol. The van der Waals surface area contributed by atoms with Crippen molar-refractivity contribution in [1.29, 1.82) is 0 Å². The van der Waals surface area contributed by atoms with Gasteiger partial charge in [-0.05, 0) is 65.9 Å². The highest BCUT2D eigenvalue weighted by molar-refractivity contribution is 9.10. The second-order valence-corrected chi connectivity index (χ2v) is 7.83. The first-order valence-electron chi connectivity index (χ1n) is 9.52. The minimum Gasteiger partial charge on any atom is -0.490 e. The molecule has 0 amide bonds. The number of rotatable bonds is 8. The van der Waals surface area contributed by atoms with E-state index in [0.29, 0.717) is 19.3 Å². The van der Waals surface area contributed by atoms with Gasteiger partial charge in [0.25, 0.3) is 0 Å². The minimum atomic E-state index is 0. The van der Waals surface area contributed by atoms with Crippen LogP contribution < -0.4 is 14.8 Å². The zero-order valence-corrected chi connectivity index (χ0v) is 18.5. The lowest BCUT2D eigenvalue weighted by atomic mass is 10.1. The standard InChI is InChI=1S/C22H28BrNO2.ClH/c1-3-25-21-13-18(14-24-19-6-4-5-7-19)12-20(23)22(21)26-15-17-10-8-16(2)9-11-17;/h8-13,19,24H,3-7,14-15H2,1-2H3;1H. The largest absolute Gasteiger partial charge is 0.490 e. The molecule has 0 heterocycles. The molecule has 0 saturated heterocycles. The molecule has 0 aliphatic heterocycles. The molecule has 1 aliphatic carbocycles. The third kappa shape index (κ3) is 6.41. The van der Waals surface area contributed by atoms with Gasteiger partial charge in [-0.15, -0.1) is 12.4 Å². The highest BCUT2D eigenvalue weighted by Gasteiger charge is 2.16. The van der Waals surface area contributed by atoms with E-state index in [0.717, 1.165) is 28.1 Å². The highest BCUT2D eigenvalue weighted by Crippen LogP contribution is 2.37. The molecule has 2 aromatic rings. The predicted molar refractivity (Wildman–Crippen MR) is 117 cm³/mol. The van der Waals surface area contributed by atoms with Crippen molar-refractivity contribution >= 4 is 28.3 Å². The molecule has 2 aromatic carbocycles. The average molecular weight is 455 g/mol. The zero-order valence-electron chi connectivity index (χ0n) is 16.1. The summed E-state index contributed by atoms with van der Waals surface area (Å²) in [6.45, 7) is 6.10. The Morgan fingerprint density at radius 1 is 1.04 bits per heavy atom. The van der Waals surface area contributed by atoms with Gasteiger partial charge in [-0.2, -0.15) is 0 Å². The second kappa shape index (κ2) is 10.9. The van der Waals surface area contributed by atoms with Crippen molar-refractivity contribution in [3.05, 3.63) is 57.6 Å². The topological polar surface area (TPSA) is 30.5 Å². The van der Waals surface area contributed by atoms with Crippen molar-refractivity contribution in [2.75, 3.05) is 6.61 Å². The molecule has 1 aliphatic rings. The van der Waals surface area contributed by atoms with Gasteiger partial charge in [0.15, 0.2) is 11.5 Å². The Morgan fingerprint density at radius 2 is 1.74 bits per heavy atom. The smallest absolute Gasteiger partial charge is 0.175 e. The third-order valence-corrected chi connectivity index (χ3v) is 5.41. The van der Waals surface area contributed by atoms with E-state index in [1.807, 2.05) is 6.92 Å². The Morgan fingerprint density at radius 3 is 2.41 bits per heavy atom. The number of aryl methyl sites for hydroxylation is 1. The van der Waals surface area contributed by atoms with E-state index in [1.165, 1.54) is 36.8 Å². The molecule has 3 nitrogen and oxygen atoms in total. The predicted octanol–water partition coefficient (Wildman–Crippen LogP) is 6.19. The van der Waals surface area contributed by atoms with Crippen molar-refractivity contribution in [2.45, 2.75) is 58.7 Å². The number of ether oxygens (including phenoxy) is 2. The van der Waals surface area contributed by atoms with Gasteiger partial charge >= 0.3 is 0 Å². The molecular formula is C22H29BrClNO2. The molecule has 0 aromatic heterocycles. The quantitative estimate of drug-likeness (QED) is 0.516. The molecule has 1 N–H and O–H groups in total.